The first-order chi connectivity index (χ1) is 9.69. The van der Waals surface area contributed by atoms with Crippen LogP contribution in [0.5, 0.6) is 0 Å². The molecule has 0 spiro atoms. The Labute approximate surface area is 122 Å². The molecule has 1 aliphatic rings. The average molecular weight is 299 g/mol. The maximum atomic E-state index is 12.0. The van der Waals surface area contributed by atoms with Crippen molar-refractivity contribution in [1.29, 1.82) is 0 Å². The van der Waals surface area contributed by atoms with Crippen molar-refractivity contribution in [2.45, 2.75) is 19.9 Å². The van der Waals surface area contributed by atoms with Gasteiger partial charge in [-0.1, -0.05) is 11.3 Å². The zero-order chi connectivity index (χ0) is 14.4. The number of rotatable bonds is 6. The van der Waals surface area contributed by atoms with Crippen LogP contribution in [0.15, 0.2) is 0 Å². The maximum Gasteiger partial charge on any atom is 0.282 e. The molecule has 2 N–H and O–H groups in total. The van der Waals surface area contributed by atoms with Crippen LogP contribution in [0.4, 0.5) is 5.13 Å². The number of amides is 1. The molecule has 1 aromatic rings. The van der Waals surface area contributed by atoms with Crippen LogP contribution >= 0.6 is 11.3 Å². The Balaban J connectivity index is 1.80. The number of morpholine rings is 1. The molecule has 0 radical (unpaired) electrons. The highest BCUT2D eigenvalue weighted by Crippen LogP contribution is 2.14. The van der Waals surface area contributed by atoms with Crippen LogP contribution in [0, 0.1) is 0 Å². The van der Waals surface area contributed by atoms with Gasteiger partial charge < -0.3 is 15.4 Å². The molecule has 1 atom stereocenters. The Morgan fingerprint density at radius 2 is 2.20 bits per heavy atom. The molecule has 0 aliphatic carbocycles. The van der Waals surface area contributed by atoms with Crippen LogP contribution in [0.1, 0.15) is 23.6 Å². The summed E-state index contributed by atoms with van der Waals surface area (Å²) in [7, 11) is 0. The van der Waals surface area contributed by atoms with Crippen LogP contribution in [-0.4, -0.2) is 66.4 Å². The van der Waals surface area contributed by atoms with Crippen molar-refractivity contribution < 1.29 is 9.53 Å². The minimum atomic E-state index is -0.160. The lowest BCUT2D eigenvalue weighted by Gasteiger charge is -2.29. The number of nitrogens with one attached hydrogen (secondary N) is 2. The second-order valence-corrected chi connectivity index (χ2v) is 5.71. The van der Waals surface area contributed by atoms with Gasteiger partial charge in [-0.05, 0) is 13.8 Å². The first-order valence-corrected chi connectivity index (χ1v) is 7.69. The SMILES string of the molecule is CCNc1nnc(C(=O)NC(C)CN2CCOCC2)s1. The fraction of sp³-hybridized carbons (Fsp3) is 0.750. The third-order valence-electron chi connectivity index (χ3n) is 2.96. The lowest BCUT2D eigenvalue weighted by molar-refractivity contribution is 0.0342. The van der Waals surface area contributed by atoms with Crippen LogP contribution < -0.4 is 10.6 Å². The summed E-state index contributed by atoms with van der Waals surface area (Å²) < 4.78 is 5.30. The Morgan fingerprint density at radius 3 is 2.90 bits per heavy atom. The van der Waals surface area contributed by atoms with Gasteiger partial charge in [0.2, 0.25) is 10.1 Å². The van der Waals surface area contributed by atoms with Gasteiger partial charge in [-0.2, -0.15) is 0 Å². The molecule has 1 aliphatic heterocycles. The summed E-state index contributed by atoms with van der Waals surface area (Å²) in [6, 6.07) is 0.0760. The molecule has 0 saturated carbocycles. The van der Waals surface area contributed by atoms with Crippen molar-refractivity contribution in [3.05, 3.63) is 5.01 Å². The van der Waals surface area contributed by atoms with Crippen molar-refractivity contribution >= 4 is 22.4 Å². The van der Waals surface area contributed by atoms with Crippen LogP contribution in [0.2, 0.25) is 0 Å². The number of carbonyl (C=O) groups excluding carboxylic acids is 1. The van der Waals surface area contributed by atoms with Crippen molar-refractivity contribution in [3.8, 4) is 0 Å². The Morgan fingerprint density at radius 1 is 1.45 bits per heavy atom. The van der Waals surface area contributed by atoms with Gasteiger partial charge in [0.1, 0.15) is 0 Å². The summed E-state index contributed by atoms with van der Waals surface area (Å²) in [6.45, 7) is 8.95. The third kappa shape index (κ3) is 4.39. The first kappa shape index (κ1) is 15.1. The van der Waals surface area contributed by atoms with Crippen LogP contribution in [0.25, 0.3) is 0 Å². The number of anilines is 1. The Kier molecular flexibility index (Phi) is 5.69. The molecule has 1 aromatic heterocycles. The molecule has 1 unspecified atom stereocenters. The van der Waals surface area contributed by atoms with E-state index in [2.05, 4.69) is 25.7 Å². The topological polar surface area (TPSA) is 79.4 Å². The van der Waals surface area contributed by atoms with E-state index in [1.165, 1.54) is 11.3 Å². The molecule has 1 amide bonds. The highest BCUT2D eigenvalue weighted by Gasteiger charge is 2.18. The molecular weight excluding hydrogens is 278 g/mol. The van der Waals surface area contributed by atoms with E-state index in [1.54, 1.807) is 0 Å². The molecule has 20 heavy (non-hydrogen) atoms. The predicted octanol–water partition coefficient (Wildman–Crippen LogP) is 0.420. The molecule has 1 saturated heterocycles. The second kappa shape index (κ2) is 7.51. The number of hydrogen-bond acceptors (Lipinski definition) is 7. The smallest absolute Gasteiger partial charge is 0.282 e. The summed E-state index contributed by atoms with van der Waals surface area (Å²) in [5.41, 5.74) is 0. The standard InChI is InChI=1S/C12H21N5O2S/c1-3-13-12-16-15-11(20-12)10(18)14-9(2)8-17-4-6-19-7-5-17/h9H,3-8H2,1-2H3,(H,13,16)(H,14,18). The van der Waals surface area contributed by atoms with E-state index in [-0.39, 0.29) is 11.9 Å². The van der Waals surface area contributed by atoms with E-state index < -0.39 is 0 Å². The average Bonchev–Trinajstić information content (AvgIpc) is 2.89. The molecule has 2 heterocycles. The van der Waals surface area contributed by atoms with Crippen molar-refractivity contribution in [2.24, 2.45) is 0 Å². The van der Waals surface area contributed by atoms with E-state index in [1.807, 2.05) is 13.8 Å². The summed E-state index contributed by atoms with van der Waals surface area (Å²) in [5, 5.41) is 14.9. The van der Waals surface area contributed by atoms with E-state index in [4.69, 9.17) is 4.74 Å². The second-order valence-electron chi connectivity index (χ2n) is 4.73. The molecule has 8 heteroatoms. The van der Waals surface area contributed by atoms with Crippen molar-refractivity contribution in [1.82, 2.24) is 20.4 Å². The molecular formula is C12H21N5O2S. The highest BCUT2D eigenvalue weighted by molar-refractivity contribution is 7.17. The molecule has 0 aromatic carbocycles. The molecule has 7 nitrogen and oxygen atoms in total. The van der Waals surface area contributed by atoms with E-state index in [0.29, 0.717) is 10.1 Å². The number of ether oxygens (including phenoxy) is 1. The van der Waals surface area contributed by atoms with Gasteiger partial charge in [0.05, 0.1) is 13.2 Å². The monoisotopic (exact) mass is 299 g/mol. The quantitative estimate of drug-likeness (QED) is 0.792. The number of nitrogens with zero attached hydrogens (tertiary/aromatic N) is 3. The van der Waals surface area contributed by atoms with Crippen LogP contribution in [0.3, 0.4) is 0 Å². The summed E-state index contributed by atoms with van der Waals surface area (Å²) in [4.78, 5) is 14.3. The minimum Gasteiger partial charge on any atom is -0.379 e. The lowest BCUT2D eigenvalue weighted by Crippen LogP contribution is -2.46. The number of hydrogen-bond donors (Lipinski definition) is 2. The lowest BCUT2D eigenvalue weighted by atomic mass is 10.3. The van der Waals surface area contributed by atoms with E-state index >= 15 is 0 Å². The Hall–Kier alpha value is -1.25. The molecule has 1 fully saturated rings. The molecule has 0 bridgehead atoms. The van der Waals surface area contributed by atoms with E-state index in [0.717, 1.165) is 39.4 Å². The highest BCUT2D eigenvalue weighted by atomic mass is 32.1. The maximum absolute atomic E-state index is 12.0. The van der Waals surface area contributed by atoms with Gasteiger partial charge >= 0.3 is 0 Å². The van der Waals surface area contributed by atoms with Crippen LogP contribution in [-0.2, 0) is 4.74 Å². The zero-order valence-electron chi connectivity index (χ0n) is 11.9. The van der Waals surface area contributed by atoms with Gasteiger partial charge in [-0.25, -0.2) is 0 Å². The molecule has 112 valence electrons. The minimum absolute atomic E-state index is 0.0760. The van der Waals surface area contributed by atoms with Gasteiger partial charge in [-0.15, -0.1) is 10.2 Å². The predicted molar refractivity (Wildman–Crippen MR) is 78.3 cm³/mol. The van der Waals surface area contributed by atoms with Crippen molar-refractivity contribution in [3.63, 3.8) is 0 Å². The van der Waals surface area contributed by atoms with Gasteiger partial charge in [0, 0.05) is 32.2 Å². The zero-order valence-corrected chi connectivity index (χ0v) is 12.7. The fourth-order valence-corrected chi connectivity index (χ4v) is 2.75. The van der Waals surface area contributed by atoms with Crippen molar-refractivity contribution in [2.75, 3.05) is 44.7 Å². The molecule has 2 rings (SSSR count). The largest absolute Gasteiger partial charge is 0.379 e. The van der Waals surface area contributed by atoms with Gasteiger partial charge in [0.15, 0.2) is 0 Å². The first-order valence-electron chi connectivity index (χ1n) is 6.87. The summed E-state index contributed by atoms with van der Waals surface area (Å²) in [6.07, 6.45) is 0. The number of aromatic nitrogens is 2. The normalized spacial score (nSPS) is 17.7. The van der Waals surface area contributed by atoms with E-state index in [9.17, 15) is 4.79 Å². The van der Waals surface area contributed by atoms with Gasteiger partial charge in [0.25, 0.3) is 5.91 Å². The number of carbonyl (C=O) groups is 1. The summed E-state index contributed by atoms with van der Waals surface area (Å²) in [5.74, 6) is -0.160. The third-order valence-corrected chi connectivity index (χ3v) is 3.84. The Bertz CT molecular complexity index is 433. The summed E-state index contributed by atoms with van der Waals surface area (Å²) >= 11 is 1.27. The fourth-order valence-electron chi connectivity index (χ4n) is 2.04. The van der Waals surface area contributed by atoms with Gasteiger partial charge in [-0.3, -0.25) is 9.69 Å².